The number of carbonyl (C=O) groups excluding carboxylic acids is 1. The highest BCUT2D eigenvalue weighted by Crippen LogP contribution is 2.39. The minimum Gasteiger partial charge on any atom is -0.494 e. The van der Waals surface area contributed by atoms with Gasteiger partial charge in [0.2, 0.25) is 0 Å². The van der Waals surface area contributed by atoms with Crippen LogP contribution in [0.1, 0.15) is 29.6 Å². The van der Waals surface area contributed by atoms with Gasteiger partial charge in [0.05, 0.1) is 24.4 Å². The highest BCUT2D eigenvalue weighted by atomic mass is 32.1. The zero-order valence-electron chi connectivity index (χ0n) is 19.4. The van der Waals surface area contributed by atoms with E-state index in [4.69, 9.17) is 15.5 Å². The number of methoxy groups -OCH3 is 1. The van der Waals surface area contributed by atoms with E-state index in [0.717, 1.165) is 35.0 Å². The fourth-order valence-electron chi connectivity index (χ4n) is 5.06. The normalized spacial score (nSPS) is 21.0. The number of likely N-dealkylation sites (tertiary alicyclic amines) is 1. The molecule has 1 amide bonds. The molecule has 4 heterocycles. The highest BCUT2D eigenvalue weighted by molar-refractivity contribution is 7.16. The number of fused-ring (bicyclic) bond motifs is 2. The lowest BCUT2D eigenvalue weighted by Gasteiger charge is -2.34. The molecular weight excluding hydrogens is 450 g/mol. The Morgan fingerprint density at radius 3 is 2.85 bits per heavy atom. The summed E-state index contributed by atoms with van der Waals surface area (Å²) in [5, 5.41) is 13.3. The van der Waals surface area contributed by atoms with Gasteiger partial charge in [-0.3, -0.25) is 4.79 Å². The molecule has 34 heavy (non-hydrogen) atoms. The Morgan fingerprint density at radius 1 is 1.29 bits per heavy atom. The third-order valence-electron chi connectivity index (χ3n) is 7.18. The molecular formula is C25H29N5O3S. The van der Waals surface area contributed by atoms with E-state index in [-0.39, 0.29) is 5.91 Å². The first-order valence-electron chi connectivity index (χ1n) is 11.8. The number of aliphatic hydroxyl groups is 1. The smallest absolute Gasteiger partial charge is 0.254 e. The third kappa shape index (κ3) is 3.50. The summed E-state index contributed by atoms with van der Waals surface area (Å²) >= 11 is 1.77. The van der Waals surface area contributed by atoms with Crippen molar-refractivity contribution in [2.45, 2.75) is 38.0 Å². The summed E-state index contributed by atoms with van der Waals surface area (Å²) in [6, 6.07) is 7.57. The molecule has 2 aliphatic rings. The number of benzene rings is 1. The fourth-order valence-corrected chi connectivity index (χ4v) is 5.96. The summed E-state index contributed by atoms with van der Waals surface area (Å²) in [6.07, 6.45) is 2.48. The first kappa shape index (κ1) is 21.6. The number of aryl methyl sites for hydroxylation is 1. The Balaban J connectivity index is 1.44. The number of carbonyl (C=O) groups is 1. The third-order valence-corrected chi connectivity index (χ3v) is 8.13. The van der Waals surface area contributed by atoms with E-state index in [0.29, 0.717) is 30.8 Å². The van der Waals surface area contributed by atoms with Crippen LogP contribution in [0.3, 0.4) is 0 Å². The largest absolute Gasteiger partial charge is 0.494 e. The first-order valence-corrected chi connectivity index (χ1v) is 12.7. The van der Waals surface area contributed by atoms with Crippen LogP contribution >= 0.6 is 11.3 Å². The molecule has 2 fully saturated rings. The van der Waals surface area contributed by atoms with Crippen LogP contribution in [0.25, 0.3) is 32.8 Å². The zero-order valence-corrected chi connectivity index (χ0v) is 20.2. The topological polar surface area (TPSA) is 98.5 Å². The van der Waals surface area contributed by atoms with Gasteiger partial charge >= 0.3 is 0 Å². The van der Waals surface area contributed by atoms with E-state index in [1.54, 1.807) is 29.4 Å². The molecule has 3 aromatic heterocycles. The van der Waals surface area contributed by atoms with Crippen molar-refractivity contribution in [2.75, 3.05) is 20.2 Å². The maximum absolute atomic E-state index is 13.3. The van der Waals surface area contributed by atoms with Crippen LogP contribution < -0.4 is 10.5 Å². The molecule has 1 saturated carbocycles. The number of imidazole rings is 1. The molecule has 0 unspecified atom stereocenters. The summed E-state index contributed by atoms with van der Waals surface area (Å²) in [5.41, 5.74) is 9.21. The van der Waals surface area contributed by atoms with Crippen LogP contribution in [0.5, 0.6) is 5.75 Å². The number of aromatic nitrogens is 3. The molecule has 2 atom stereocenters. The molecule has 1 aromatic carbocycles. The molecule has 178 valence electrons. The zero-order chi connectivity index (χ0) is 23.6. The number of nitrogens with zero attached hydrogens (tertiary/aromatic N) is 4. The molecule has 9 heteroatoms. The van der Waals surface area contributed by atoms with Gasteiger partial charge < -0.3 is 29.6 Å². The second-order valence-corrected chi connectivity index (χ2v) is 10.5. The maximum atomic E-state index is 13.3. The molecule has 1 aliphatic heterocycles. The van der Waals surface area contributed by atoms with Crippen molar-refractivity contribution in [1.82, 2.24) is 19.0 Å². The van der Waals surface area contributed by atoms with Gasteiger partial charge in [-0.25, -0.2) is 4.98 Å². The summed E-state index contributed by atoms with van der Waals surface area (Å²) in [4.78, 5) is 21.3. The van der Waals surface area contributed by atoms with Gasteiger partial charge in [0.25, 0.3) is 5.91 Å². The number of nitrogens with two attached hydrogens (primary N) is 1. The van der Waals surface area contributed by atoms with Gasteiger partial charge in [-0.1, -0.05) is 0 Å². The number of hydrogen-bond donors (Lipinski definition) is 2. The van der Waals surface area contributed by atoms with Gasteiger partial charge in [0.15, 0.2) is 5.82 Å². The Kier molecular flexibility index (Phi) is 5.16. The van der Waals surface area contributed by atoms with Crippen molar-refractivity contribution in [3.63, 3.8) is 0 Å². The average molecular weight is 480 g/mol. The molecule has 1 saturated heterocycles. The summed E-state index contributed by atoms with van der Waals surface area (Å²) in [5.74, 6) is 2.10. The van der Waals surface area contributed by atoms with Gasteiger partial charge in [0, 0.05) is 43.7 Å². The van der Waals surface area contributed by atoms with E-state index < -0.39 is 12.1 Å². The quantitative estimate of drug-likeness (QED) is 0.458. The van der Waals surface area contributed by atoms with E-state index in [2.05, 4.69) is 26.6 Å². The second-order valence-electron chi connectivity index (χ2n) is 9.58. The summed E-state index contributed by atoms with van der Waals surface area (Å²) in [6.45, 7) is 1.82. The molecule has 1 aliphatic carbocycles. The average Bonchev–Trinajstić information content (AvgIpc) is 3.28. The van der Waals surface area contributed by atoms with Crippen molar-refractivity contribution in [1.29, 1.82) is 0 Å². The molecule has 0 spiro atoms. The molecule has 4 aromatic rings. The predicted octanol–water partition coefficient (Wildman–Crippen LogP) is 3.21. The SMILES string of the molecule is COc1cc(C(=O)N2CC[C@@H](O)[C@@H](N)C2)cc2nc(-c3cc4ccsc4n3CC3CC3)n(C)c12. The monoisotopic (exact) mass is 479 g/mol. The lowest BCUT2D eigenvalue weighted by atomic mass is 10.0. The van der Waals surface area contributed by atoms with Crippen LogP contribution in [-0.4, -0.2) is 62.4 Å². The van der Waals surface area contributed by atoms with Gasteiger partial charge in [0.1, 0.15) is 16.1 Å². The van der Waals surface area contributed by atoms with Crippen LogP contribution in [0.4, 0.5) is 0 Å². The van der Waals surface area contributed by atoms with Crippen molar-refractivity contribution in [3.05, 3.63) is 35.2 Å². The number of hydrogen-bond acceptors (Lipinski definition) is 6. The maximum Gasteiger partial charge on any atom is 0.254 e. The summed E-state index contributed by atoms with van der Waals surface area (Å²) in [7, 11) is 3.62. The number of rotatable bonds is 5. The van der Waals surface area contributed by atoms with Gasteiger partial charge in [-0.05, 0) is 54.8 Å². The van der Waals surface area contributed by atoms with Crippen molar-refractivity contribution >= 4 is 38.5 Å². The lowest BCUT2D eigenvalue weighted by Crippen LogP contribution is -2.53. The van der Waals surface area contributed by atoms with Crippen LogP contribution in [0.15, 0.2) is 29.6 Å². The molecule has 6 rings (SSSR count). The molecule has 8 nitrogen and oxygen atoms in total. The Labute approximate surface area is 201 Å². The lowest BCUT2D eigenvalue weighted by molar-refractivity contribution is 0.0459. The minimum atomic E-state index is -0.569. The number of aliphatic hydroxyl groups excluding tert-OH is 1. The van der Waals surface area contributed by atoms with Gasteiger partial charge in [-0.2, -0.15) is 0 Å². The number of ether oxygens (including phenoxy) is 1. The standard InChI is InChI=1S/C25H29N5O3S/c1-28-22-18(9-16(11-21(22)33-2)24(32)29-7-5-20(31)17(26)13-29)27-23(28)19-10-15-6-8-34-25(15)30(19)12-14-3-4-14/h6,8-11,14,17,20,31H,3-5,7,12-13,26H2,1-2H3/t17-,20+/m0/s1. The predicted molar refractivity (Wildman–Crippen MR) is 133 cm³/mol. The first-order chi connectivity index (χ1) is 16.4. The Hall–Kier alpha value is -2.88. The Bertz CT molecular complexity index is 1400. The summed E-state index contributed by atoms with van der Waals surface area (Å²) < 4.78 is 10.2. The van der Waals surface area contributed by atoms with Crippen molar-refractivity contribution in [2.24, 2.45) is 18.7 Å². The number of amides is 1. The van der Waals surface area contributed by atoms with E-state index >= 15 is 0 Å². The van der Waals surface area contributed by atoms with Crippen LogP contribution in [0.2, 0.25) is 0 Å². The highest BCUT2D eigenvalue weighted by Gasteiger charge is 2.30. The molecule has 0 bridgehead atoms. The van der Waals surface area contributed by atoms with Crippen LogP contribution in [0, 0.1) is 5.92 Å². The molecule has 0 radical (unpaired) electrons. The van der Waals surface area contributed by atoms with Crippen molar-refractivity contribution < 1.29 is 14.6 Å². The van der Waals surface area contributed by atoms with E-state index in [1.807, 2.05) is 13.1 Å². The number of thiophene rings is 1. The minimum absolute atomic E-state index is 0.118. The Morgan fingerprint density at radius 2 is 2.12 bits per heavy atom. The van der Waals surface area contributed by atoms with Gasteiger partial charge in [-0.15, -0.1) is 11.3 Å². The fraction of sp³-hybridized carbons (Fsp3) is 0.440. The van der Waals surface area contributed by atoms with E-state index in [1.165, 1.54) is 23.1 Å². The van der Waals surface area contributed by atoms with Crippen LogP contribution in [-0.2, 0) is 13.6 Å². The molecule has 3 N–H and O–H groups in total. The van der Waals surface area contributed by atoms with Crippen molar-refractivity contribution in [3.8, 4) is 17.3 Å². The van der Waals surface area contributed by atoms with E-state index in [9.17, 15) is 9.90 Å². The second kappa shape index (κ2) is 8.11. The number of piperidine rings is 1.